The zero-order valence-corrected chi connectivity index (χ0v) is 50.1. The fourth-order valence-corrected chi connectivity index (χ4v) is 9.81. The molecular weight excluding hydrogens is 971 g/mol. The average molecular weight is 1090 g/mol. The number of ether oxygens (including phenoxy) is 2. The lowest BCUT2D eigenvalue weighted by Crippen LogP contribution is -2.60. The van der Waals surface area contributed by atoms with Crippen LogP contribution in [0, 0.1) is 0 Å². The second kappa shape index (κ2) is 57.3. The van der Waals surface area contributed by atoms with Gasteiger partial charge in [-0.25, -0.2) is 0 Å². The van der Waals surface area contributed by atoms with Crippen molar-refractivity contribution < 1.29 is 39.8 Å². The van der Waals surface area contributed by atoms with Crippen molar-refractivity contribution in [1.82, 2.24) is 5.32 Å². The molecule has 0 aromatic carbocycles. The first kappa shape index (κ1) is 73.1. The molecule has 0 aromatic rings. The van der Waals surface area contributed by atoms with Crippen LogP contribution in [0.5, 0.6) is 0 Å². The Balaban J connectivity index is 2.18. The molecule has 1 rings (SSSR count). The Morgan fingerprint density at radius 1 is 0.449 bits per heavy atom. The molecule has 9 nitrogen and oxygen atoms in total. The number of aliphatic hydroxyl groups excluding tert-OH is 5. The molecule has 0 aromatic heterocycles. The summed E-state index contributed by atoms with van der Waals surface area (Å²) in [6.07, 6.45) is 76.4. The number of carbonyl (C=O) groups excluding carboxylic acids is 1. The molecule has 0 bridgehead atoms. The van der Waals surface area contributed by atoms with Crippen LogP contribution in [-0.4, -0.2) is 87.5 Å². The largest absolute Gasteiger partial charge is 0.394 e. The molecule has 0 radical (unpaired) electrons. The van der Waals surface area contributed by atoms with Crippen molar-refractivity contribution in [3.05, 3.63) is 97.2 Å². The van der Waals surface area contributed by atoms with Crippen molar-refractivity contribution in [2.45, 2.75) is 320 Å². The first-order valence-corrected chi connectivity index (χ1v) is 32.5. The molecule has 6 N–H and O–H groups in total. The smallest absolute Gasteiger partial charge is 0.220 e. The highest BCUT2D eigenvalue weighted by Crippen LogP contribution is 2.23. The minimum Gasteiger partial charge on any atom is -0.394 e. The minimum absolute atomic E-state index is 0.191. The number of carbonyl (C=O) groups is 1. The third kappa shape index (κ3) is 45.8. The van der Waals surface area contributed by atoms with Crippen LogP contribution in [0.2, 0.25) is 0 Å². The molecular formula is C69H121NO8. The Labute approximate surface area is 479 Å². The number of hydrogen-bond acceptors (Lipinski definition) is 8. The van der Waals surface area contributed by atoms with Gasteiger partial charge >= 0.3 is 0 Å². The topological polar surface area (TPSA) is 149 Å². The normalized spacial score (nSPS) is 19.3. The van der Waals surface area contributed by atoms with E-state index in [0.717, 1.165) is 77.0 Å². The quantitative estimate of drug-likeness (QED) is 0.0261. The second-order valence-corrected chi connectivity index (χ2v) is 22.2. The van der Waals surface area contributed by atoms with E-state index in [1.807, 2.05) is 6.08 Å². The highest BCUT2D eigenvalue weighted by Gasteiger charge is 2.44. The van der Waals surface area contributed by atoms with E-state index in [1.165, 1.54) is 180 Å². The number of rotatable bonds is 55. The molecule has 1 amide bonds. The van der Waals surface area contributed by atoms with Crippen LogP contribution in [0.15, 0.2) is 97.2 Å². The van der Waals surface area contributed by atoms with Crippen LogP contribution >= 0.6 is 0 Å². The Bertz CT molecular complexity index is 1550. The Hall–Kier alpha value is -2.89. The van der Waals surface area contributed by atoms with Gasteiger partial charge in [-0.05, 0) is 89.9 Å². The summed E-state index contributed by atoms with van der Waals surface area (Å²) in [5.41, 5.74) is 0. The number of aliphatic hydroxyl groups is 5. The standard InChI is InChI=1S/C69H121NO8/c1-3-5-7-9-11-13-15-17-19-21-23-25-27-28-29-30-31-32-33-34-35-36-37-39-41-43-45-47-49-51-53-55-57-59-65(73)70-62(61-77-69-68(76)67(75)66(74)64(60-71)78-69)63(72)58-56-54-52-50-48-46-44-42-40-38-26-24-22-20-18-16-14-12-10-8-6-4-2/h5,7,11,13,17,19,23,25,28-29,40,42,48,50,56,58,62-64,66-69,71-72,74-76H,3-4,6,8-10,12,14-16,18,20-22,24,26-27,30-39,41,43-47,49,51-55,57,59-61H2,1-2H3,(H,70,73)/b7-5-,13-11-,19-17-,25-23-,29-28-,42-40+,50-48+,58-56+. The minimum atomic E-state index is -1.58. The second-order valence-electron chi connectivity index (χ2n) is 22.2. The van der Waals surface area contributed by atoms with Crippen LogP contribution < -0.4 is 5.32 Å². The highest BCUT2D eigenvalue weighted by molar-refractivity contribution is 5.76. The summed E-state index contributed by atoms with van der Waals surface area (Å²) in [4.78, 5) is 13.1. The number of amides is 1. The molecule has 1 aliphatic rings. The van der Waals surface area contributed by atoms with Crippen LogP contribution in [0.1, 0.15) is 277 Å². The molecule has 0 saturated carbocycles. The van der Waals surface area contributed by atoms with Gasteiger partial charge in [-0.3, -0.25) is 4.79 Å². The zero-order chi connectivity index (χ0) is 56.5. The Morgan fingerprint density at radius 2 is 0.808 bits per heavy atom. The number of hydrogen-bond donors (Lipinski definition) is 6. The maximum Gasteiger partial charge on any atom is 0.220 e. The van der Waals surface area contributed by atoms with Crippen molar-refractivity contribution in [1.29, 1.82) is 0 Å². The van der Waals surface area contributed by atoms with Gasteiger partial charge in [0.25, 0.3) is 0 Å². The molecule has 1 fully saturated rings. The number of nitrogens with one attached hydrogen (secondary N) is 1. The Kier molecular flexibility index (Phi) is 53.8. The van der Waals surface area contributed by atoms with Crippen molar-refractivity contribution in [2.24, 2.45) is 0 Å². The van der Waals surface area contributed by atoms with Gasteiger partial charge in [0.1, 0.15) is 24.4 Å². The summed E-state index contributed by atoms with van der Waals surface area (Å²) in [6, 6.07) is -0.833. The SMILES string of the molecule is CC/C=C\C/C=C\C/C=C\C/C=C\C/C=C\CCCCCCCCCCCCCCCCCCCC(=O)NC(COC1OC(CO)C(O)C(O)C1O)C(O)/C=C/CC/C=C/CC/C=C/CCCCCCCCCCCCCC. The fraction of sp³-hybridized carbons (Fsp3) is 0.754. The molecule has 450 valence electrons. The van der Waals surface area contributed by atoms with Crippen LogP contribution in [-0.2, 0) is 14.3 Å². The van der Waals surface area contributed by atoms with Crippen molar-refractivity contribution in [3.8, 4) is 0 Å². The lowest BCUT2D eigenvalue weighted by Gasteiger charge is -2.40. The van der Waals surface area contributed by atoms with E-state index < -0.39 is 49.5 Å². The summed E-state index contributed by atoms with van der Waals surface area (Å²) in [5.74, 6) is -0.191. The average Bonchev–Trinajstić information content (AvgIpc) is 3.45. The van der Waals surface area contributed by atoms with E-state index in [9.17, 15) is 30.3 Å². The molecule has 78 heavy (non-hydrogen) atoms. The molecule has 7 atom stereocenters. The summed E-state index contributed by atoms with van der Waals surface area (Å²) < 4.78 is 11.3. The van der Waals surface area contributed by atoms with Gasteiger partial charge in [-0.15, -0.1) is 0 Å². The number of allylic oxidation sites excluding steroid dienone is 15. The lowest BCUT2D eigenvalue weighted by molar-refractivity contribution is -0.302. The van der Waals surface area contributed by atoms with E-state index in [2.05, 4.69) is 104 Å². The molecule has 0 aliphatic carbocycles. The van der Waals surface area contributed by atoms with Crippen molar-refractivity contribution in [3.63, 3.8) is 0 Å². The lowest BCUT2D eigenvalue weighted by atomic mass is 9.99. The third-order valence-corrected chi connectivity index (χ3v) is 14.9. The zero-order valence-electron chi connectivity index (χ0n) is 50.1. The van der Waals surface area contributed by atoms with E-state index >= 15 is 0 Å². The first-order valence-electron chi connectivity index (χ1n) is 32.5. The maximum absolute atomic E-state index is 13.1. The summed E-state index contributed by atoms with van der Waals surface area (Å²) in [7, 11) is 0. The fourth-order valence-electron chi connectivity index (χ4n) is 9.81. The molecule has 1 aliphatic heterocycles. The molecule has 1 saturated heterocycles. The molecule has 7 unspecified atom stereocenters. The Morgan fingerprint density at radius 3 is 1.23 bits per heavy atom. The van der Waals surface area contributed by atoms with Crippen molar-refractivity contribution >= 4 is 5.91 Å². The van der Waals surface area contributed by atoms with Gasteiger partial charge in [0.05, 0.1) is 25.4 Å². The molecule has 1 heterocycles. The third-order valence-electron chi connectivity index (χ3n) is 14.9. The highest BCUT2D eigenvalue weighted by atomic mass is 16.7. The van der Waals surface area contributed by atoms with Gasteiger partial charge in [0.2, 0.25) is 5.91 Å². The van der Waals surface area contributed by atoms with Gasteiger partial charge < -0.3 is 40.3 Å². The monoisotopic (exact) mass is 1090 g/mol. The van der Waals surface area contributed by atoms with E-state index in [-0.39, 0.29) is 12.5 Å². The molecule has 9 heteroatoms. The van der Waals surface area contributed by atoms with E-state index in [1.54, 1.807) is 6.08 Å². The van der Waals surface area contributed by atoms with Crippen LogP contribution in [0.4, 0.5) is 0 Å². The number of unbranched alkanes of at least 4 members (excludes halogenated alkanes) is 31. The van der Waals surface area contributed by atoms with Gasteiger partial charge in [-0.2, -0.15) is 0 Å². The predicted molar refractivity (Wildman–Crippen MR) is 331 cm³/mol. The summed E-state index contributed by atoms with van der Waals surface area (Å²) in [6.45, 7) is 3.66. The van der Waals surface area contributed by atoms with Crippen LogP contribution in [0.25, 0.3) is 0 Å². The maximum atomic E-state index is 13.1. The van der Waals surface area contributed by atoms with Gasteiger partial charge in [-0.1, -0.05) is 278 Å². The van der Waals surface area contributed by atoms with E-state index in [0.29, 0.717) is 6.42 Å². The van der Waals surface area contributed by atoms with Gasteiger partial charge in [0.15, 0.2) is 6.29 Å². The predicted octanol–water partition coefficient (Wildman–Crippen LogP) is 17.1. The van der Waals surface area contributed by atoms with E-state index in [4.69, 9.17) is 9.47 Å². The summed E-state index contributed by atoms with van der Waals surface area (Å²) >= 11 is 0. The first-order chi connectivity index (χ1) is 38.3. The summed E-state index contributed by atoms with van der Waals surface area (Å²) in [5, 5.41) is 54.6. The van der Waals surface area contributed by atoms with Crippen LogP contribution in [0.3, 0.4) is 0 Å². The van der Waals surface area contributed by atoms with Crippen molar-refractivity contribution in [2.75, 3.05) is 13.2 Å². The molecule has 0 spiro atoms. The van der Waals surface area contributed by atoms with Gasteiger partial charge in [0, 0.05) is 6.42 Å².